The smallest absolute Gasteiger partial charge is 0.306 e. The molecule has 0 saturated carbocycles. The molecular weight excluding hydrogens is 464 g/mol. The lowest BCUT2D eigenvalue weighted by Gasteiger charge is -2.15. The van der Waals surface area contributed by atoms with E-state index >= 15 is 0 Å². The van der Waals surface area contributed by atoms with Crippen molar-refractivity contribution in [2.45, 2.75) is 175 Å². The fraction of sp³-hybridized carbons (Fsp3) is 0.938. The van der Waals surface area contributed by atoms with Gasteiger partial charge in [-0.1, -0.05) is 143 Å². The molecule has 1 unspecified atom stereocenters. The molecule has 0 bridgehead atoms. The minimum Gasteiger partial charge on any atom is -0.462 e. The third-order valence-corrected chi connectivity index (χ3v) is 7.44. The predicted octanol–water partition coefficient (Wildman–Crippen LogP) is 9.08. The Hall–Kier alpha value is -1.10. The molecule has 37 heavy (non-hydrogen) atoms. The number of hydrogen-bond donors (Lipinski definition) is 1. The average molecular weight is 527 g/mol. The van der Waals surface area contributed by atoms with E-state index in [-0.39, 0.29) is 25.2 Å². The molecule has 0 aliphatic heterocycles. The van der Waals surface area contributed by atoms with E-state index in [2.05, 4.69) is 20.8 Å². The topological polar surface area (TPSA) is 72.8 Å². The van der Waals surface area contributed by atoms with Gasteiger partial charge in [0.05, 0.1) is 6.61 Å². The Balaban J connectivity index is 3.46. The van der Waals surface area contributed by atoms with Gasteiger partial charge in [-0.05, 0) is 18.8 Å². The lowest BCUT2D eigenvalue weighted by Crippen LogP contribution is -2.28. The van der Waals surface area contributed by atoms with Crippen LogP contribution >= 0.6 is 0 Å². The molecule has 220 valence electrons. The van der Waals surface area contributed by atoms with Crippen molar-refractivity contribution in [2.24, 2.45) is 5.92 Å². The van der Waals surface area contributed by atoms with Crippen molar-refractivity contribution in [3.05, 3.63) is 0 Å². The molecule has 0 aromatic carbocycles. The van der Waals surface area contributed by atoms with Gasteiger partial charge in [0, 0.05) is 12.8 Å². The first-order valence-electron chi connectivity index (χ1n) is 16.0. The van der Waals surface area contributed by atoms with Crippen LogP contribution in [0.4, 0.5) is 0 Å². The molecule has 0 radical (unpaired) electrons. The zero-order chi connectivity index (χ0) is 27.4. The maximum atomic E-state index is 12.0. The number of esters is 2. The molecule has 5 nitrogen and oxygen atoms in total. The van der Waals surface area contributed by atoms with E-state index in [9.17, 15) is 14.7 Å². The third-order valence-electron chi connectivity index (χ3n) is 7.44. The molecule has 0 fully saturated rings. The minimum absolute atomic E-state index is 0.0604. The molecular formula is C32H62O5. The molecule has 0 rings (SSSR count). The molecule has 0 aliphatic carbocycles. The van der Waals surface area contributed by atoms with Gasteiger partial charge in [-0.15, -0.1) is 0 Å². The van der Waals surface area contributed by atoms with Gasteiger partial charge in [0.2, 0.25) is 0 Å². The summed E-state index contributed by atoms with van der Waals surface area (Å²) in [6, 6.07) is 0. The minimum atomic E-state index is -0.758. The number of hydrogen-bond acceptors (Lipinski definition) is 5. The van der Waals surface area contributed by atoms with Crippen LogP contribution in [0.2, 0.25) is 0 Å². The van der Waals surface area contributed by atoms with Crippen LogP contribution in [0.15, 0.2) is 0 Å². The van der Waals surface area contributed by atoms with Gasteiger partial charge in [0.1, 0.15) is 6.61 Å². The Bertz CT molecular complexity index is 507. The molecule has 2 atom stereocenters. The van der Waals surface area contributed by atoms with Gasteiger partial charge in [-0.2, -0.15) is 0 Å². The zero-order valence-corrected chi connectivity index (χ0v) is 24.9. The molecule has 0 aromatic heterocycles. The summed E-state index contributed by atoms with van der Waals surface area (Å²) in [5.41, 5.74) is 0. The lowest BCUT2D eigenvalue weighted by molar-refractivity contribution is -0.161. The van der Waals surface area contributed by atoms with E-state index in [1.807, 2.05) is 0 Å². The summed E-state index contributed by atoms with van der Waals surface area (Å²) in [5, 5.41) is 9.40. The van der Waals surface area contributed by atoms with Gasteiger partial charge in [-0.3, -0.25) is 9.59 Å². The Labute approximate surface area is 229 Å². The van der Waals surface area contributed by atoms with Gasteiger partial charge in [0.25, 0.3) is 0 Å². The average Bonchev–Trinajstić information content (AvgIpc) is 2.90. The SMILES string of the molecule is CCCCCCCC(=O)O[C@@H](CO)COC(=O)CCCCCCCCCCCCCCCCC(C)CC. The molecule has 1 N–H and O–H groups in total. The first kappa shape index (κ1) is 35.9. The second kappa shape index (κ2) is 27.9. The zero-order valence-electron chi connectivity index (χ0n) is 24.9. The summed E-state index contributed by atoms with van der Waals surface area (Å²) in [5.74, 6) is 0.305. The van der Waals surface area contributed by atoms with Gasteiger partial charge in [0.15, 0.2) is 6.10 Å². The van der Waals surface area contributed by atoms with Crippen molar-refractivity contribution in [1.82, 2.24) is 0 Å². The van der Waals surface area contributed by atoms with Crippen LogP contribution in [0, 0.1) is 5.92 Å². The summed E-state index contributed by atoms with van der Waals surface area (Å²) in [4.78, 5) is 23.8. The summed E-state index contributed by atoms with van der Waals surface area (Å²) >= 11 is 0. The van der Waals surface area contributed by atoms with E-state index in [4.69, 9.17) is 9.47 Å². The number of carbonyl (C=O) groups excluding carboxylic acids is 2. The number of aliphatic hydroxyl groups excluding tert-OH is 1. The summed E-state index contributed by atoms with van der Waals surface area (Å²) in [6.45, 7) is 6.43. The molecule has 5 heteroatoms. The second-order valence-electron chi connectivity index (χ2n) is 11.1. The normalized spacial score (nSPS) is 12.9. The van der Waals surface area contributed by atoms with Crippen molar-refractivity contribution in [2.75, 3.05) is 13.2 Å². The first-order valence-corrected chi connectivity index (χ1v) is 16.0. The molecule has 0 aromatic rings. The highest BCUT2D eigenvalue weighted by Crippen LogP contribution is 2.16. The van der Waals surface area contributed by atoms with Crippen LogP contribution in [-0.4, -0.2) is 36.4 Å². The predicted molar refractivity (Wildman–Crippen MR) is 155 cm³/mol. The molecule has 0 spiro atoms. The fourth-order valence-corrected chi connectivity index (χ4v) is 4.59. The first-order chi connectivity index (χ1) is 18.0. The van der Waals surface area contributed by atoms with Crippen LogP contribution in [0.3, 0.4) is 0 Å². The second-order valence-corrected chi connectivity index (χ2v) is 11.1. The van der Waals surface area contributed by atoms with Crippen LogP contribution in [0.25, 0.3) is 0 Å². The maximum absolute atomic E-state index is 12.0. The standard InChI is InChI=1S/C32H62O5/c1-4-6-7-18-23-26-32(35)37-30(27-33)28-36-31(34)25-22-20-17-15-13-11-9-8-10-12-14-16-19-21-24-29(3)5-2/h29-30,33H,4-28H2,1-3H3/t29?,30-/m0/s1. The molecule has 0 heterocycles. The van der Waals surface area contributed by atoms with Crippen molar-refractivity contribution >= 4 is 11.9 Å². The Morgan fingerprint density at radius 1 is 0.622 bits per heavy atom. The number of carbonyl (C=O) groups is 2. The highest BCUT2D eigenvalue weighted by molar-refractivity contribution is 5.70. The summed E-state index contributed by atoms with van der Waals surface area (Å²) < 4.78 is 10.4. The number of ether oxygens (including phenoxy) is 2. The van der Waals surface area contributed by atoms with Crippen LogP contribution < -0.4 is 0 Å². The molecule has 0 saturated heterocycles. The summed E-state index contributed by atoms with van der Waals surface area (Å²) in [7, 11) is 0. The van der Waals surface area contributed by atoms with Crippen LogP contribution in [0.1, 0.15) is 168 Å². The number of rotatable bonds is 28. The van der Waals surface area contributed by atoms with Gasteiger partial charge >= 0.3 is 11.9 Å². The Morgan fingerprint density at radius 2 is 1.05 bits per heavy atom. The van der Waals surface area contributed by atoms with Crippen molar-refractivity contribution in [3.63, 3.8) is 0 Å². The van der Waals surface area contributed by atoms with Crippen molar-refractivity contribution in [1.29, 1.82) is 0 Å². The van der Waals surface area contributed by atoms with Gasteiger partial charge < -0.3 is 14.6 Å². The van der Waals surface area contributed by atoms with Gasteiger partial charge in [-0.25, -0.2) is 0 Å². The van der Waals surface area contributed by atoms with Crippen molar-refractivity contribution < 1.29 is 24.2 Å². The summed E-state index contributed by atoms with van der Waals surface area (Å²) in [6.07, 6.45) is 26.1. The largest absolute Gasteiger partial charge is 0.462 e. The fourth-order valence-electron chi connectivity index (χ4n) is 4.59. The molecule has 0 amide bonds. The van der Waals surface area contributed by atoms with Crippen LogP contribution in [0.5, 0.6) is 0 Å². The highest BCUT2D eigenvalue weighted by Gasteiger charge is 2.16. The van der Waals surface area contributed by atoms with E-state index in [0.717, 1.165) is 38.0 Å². The lowest BCUT2D eigenvalue weighted by atomic mass is 9.99. The quantitative estimate of drug-likeness (QED) is 0.0813. The number of unbranched alkanes of at least 4 members (excludes halogenated alkanes) is 17. The van der Waals surface area contributed by atoms with Crippen molar-refractivity contribution in [3.8, 4) is 0 Å². The Kier molecular flexibility index (Phi) is 27.1. The highest BCUT2D eigenvalue weighted by atomic mass is 16.6. The number of aliphatic hydroxyl groups is 1. The monoisotopic (exact) mass is 526 g/mol. The van der Waals surface area contributed by atoms with E-state index < -0.39 is 6.10 Å². The van der Waals surface area contributed by atoms with E-state index in [0.29, 0.717) is 12.8 Å². The maximum Gasteiger partial charge on any atom is 0.306 e. The Morgan fingerprint density at radius 3 is 1.51 bits per heavy atom. The van der Waals surface area contributed by atoms with E-state index in [1.165, 1.54) is 103 Å². The van der Waals surface area contributed by atoms with E-state index in [1.54, 1.807) is 0 Å². The third kappa shape index (κ3) is 26.3. The molecule has 0 aliphatic rings. The van der Waals surface area contributed by atoms with Crippen LogP contribution in [-0.2, 0) is 19.1 Å².